The Kier molecular flexibility index (Phi) is 4.64. The molecule has 0 aromatic heterocycles. The number of halogens is 2. The molecule has 4 heteroatoms. The molecule has 0 fully saturated rings. The zero-order valence-corrected chi connectivity index (χ0v) is 9.12. The predicted molar refractivity (Wildman–Crippen MR) is 57.9 cm³/mol. The van der Waals surface area contributed by atoms with Crippen molar-refractivity contribution in [1.29, 1.82) is 0 Å². The van der Waals surface area contributed by atoms with E-state index in [1.54, 1.807) is 23.9 Å². The summed E-state index contributed by atoms with van der Waals surface area (Å²) in [6.45, 7) is 0. The zero-order chi connectivity index (χ0) is 9.68. The van der Waals surface area contributed by atoms with Crippen molar-refractivity contribution in [3.05, 3.63) is 28.2 Å². The first-order valence-corrected chi connectivity index (χ1v) is 5.49. The zero-order valence-electron chi connectivity index (χ0n) is 6.80. The number of carbonyl (C=O) groups is 1. The molecule has 1 aromatic carbocycles. The van der Waals surface area contributed by atoms with Gasteiger partial charge in [0, 0.05) is 22.1 Å². The lowest BCUT2D eigenvalue weighted by Crippen LogP contribution is -1.81. The largest absolute Gasteiger partial charge is 0.303 e. The second-order valence-corrected chi connectivity index (χ2v) is 4.36. The summed E-state index contributed by atoms with van der Waals surface area (Å²) in [5.41, 5.74) is 0. The van der Waals surface area contributed by atoms with E-state index in [-0.39, 0.29) is 0 Å². The first-order valence-electron chi connectivity index (χ1n) is 3.75. The lowest BCUT2D eigenvalue weighted by molar-refractivity contribution is -0.107. The van der Waals surface area contributed by atoms with Crippen LogP contribution in [0.15, 0.2) is 23.1 Å². The average molecular weight is 235 g/mol. The Bertz CT molecular complexity index is 302. The molecule has 0 aliphatic rings. The van der Waals surface area contributed by atoms with Crippen LogP contribution in [0.25, 0.3) is 0 Å². The minimum absolute atomic E-state index is 0.545. The standard InChI is InChI=1S/C9H8Cl2OS/c10-7-2-3-9(8(11)6-7)13-5-1-4-12/h2-4,6H,1,5H2. The normalized spacial score (nSPS) is 10.0. The summed E-state index contributed by atoms with van der Waals surface area (Å²) in [5, 5.41) is 1.27. The van der Waals surface area contributed by atoms with Gasteiger partial charge in [0.1, 0.15) is 6.29 Å². The van der Waals surface area contributed by atoms with Crippen LogP contribution < -0.4 is 0 Å². The summed E-state index contributed by atoms with van der Waals surface area (Å²) in [6.07, 6.45) is 1.44. The van der Waals surface area contributed by atoms with Gasteiger partial charge in [0.2, 0.25) is 0 Å². The number of carbonyl (C=O) groups excluding carboxylic acids is 1. The van der Waals surface area contributed by atoms with Gasteiger partial charge in [-0.1, -0.05) is 23.2 Å². The third kappa shape index (κ3) is 3.59. The maximum Gasteiger partial charge on any atom is 0.120 e. The molecule has 70 valence electrons. The van der Waals surface area contributed by atoms with E-state index in [1.807, 2.05) is 6.07 Å². The molecule has 0 spiro atoms. The van der Waals surface area contributed by atoms with E-state index in [1.165, 1.54) is 0 Å². The highest BCUT2D eigenvalue weighted by molar-refractivity contribution is 7.99. The van der Waals surface area contributed by atoms with E-state index in [4.69, 9.17) is 23.2 Å². The van der Waals surface area contributed by atoms with E-state index < -0.39 is 0 Å². The van der Waals surface area contributed by atoms with Crippen LogP contribution in [0.3, 0.4) is 0 Å². The topological polar surface area (TPSA) is 17.1 Å². The summed E-state index contributed by atoms with van der Waals surface area (Å²) >= 11 is 13.2. The maximum absolute atomic E-state index is 10.1. The van der Waals surface area contributed by atoms with Crippen LogP contribution >= 0.6 is 35.0 Å². The van der Waals surface area contributed by atoms with Crippen molar-refractivity contribution in [1.82, 2.24) is 0 Å². The summed E-state index contributed by atoms with van der Waals surface area (Å²) in [5.74, 6) is 0.755. The van der Waals surface area contributed by atoms with Crippen LogP contribution in [-0.2, 0) is 4.79 Å². The quantitative estimate of drug-likeness (QED) is 0.450. The Morgan fingerprint density at radius 1 is 1.38 bits per heavy atom. The predicted octanol–water partition coefficient (Wildman–Crippen LogP) is 3.67. The first kappa shape index (κ1) is 10.9. The van der Waals surface area contributed by atoms with Gasteiger partial charge in [0.15, 0.2) is 0 Å². The fraction of sp³-hybridized carbons (Fsp3) is 0.222. The van der Waals surface area contributed by atoms with Gasteiger partial charge in [-0.25, -0.2) is 0 Å². The molecule has 0 aliphatic heterocycles. The molecule has 0 N–H and O–H groups in total. The van der Waals surface area contributed by atoms with E-state index >= 15 is 0 Å². The third-order valence-corrected chi connectivity index (χ3v) is 3.15. The fourth-order valence-electron chi connectivity index (χ4n) is 0.809. The fourth-order valence-corrected chi connectivity index (χ4v) is 2.18. The van der Waals surface area contributed by atoms with Gasteiger partial charge in [-0.3, -0.25) is 0 Å². The molecular formula is C9H8Cl2OS. The molecule has 0 bridgehead atoms. The Labute approximate surface area is 91.4 Å². The lowest BCUT2D eigenvalue weighted by atomic mass is 10.4. The lowest BCUT2D eigenvalue weighted by Gasteiger charge is -2.02. The molecule has 1 rings (SSSR count). The van der Waals surface area contributed by atoms with Crippen molar-refractivity contribution in [2.75, 3.05) is 5.75 Å². The SMILES string of the molecule is O=CCCSc1ccc(Cl)cc1Cl. The van der Waals surface area contributed by atoms with E-state index in [2.05, 4.69) is 0 Å². The average Bonchev–Trinajstić information content (AvgIpc) is 2.09. The molecule has 1 aromatic rings. The minimum Gasteiger partial charge on any atom is -0.303 e. The molecule has 0 unspecified atom stereocenters. The molecule has 0 heterocycles. The van der Waals surface area contributed by atoms with Gasteiger partial charge < -0.3 is 4.79 Å². The van der Waals surface area contributed by atoms with Crippen LogP contribution in [0.5, 0.6) is 0 Å². The highest BCUT2D eigenvalue weighted by Gasteiger charge is 2.00. The van der Waals surface area contributed by atoms with Crippen LogP contribution in [-0.4, -0.2) is 12.0 Å². The van der Waals surface area contributed by atoms with Crippen LogP contribution in [0.4, 0.5) is 0 Å². The molecule has 0 amide bonds. The molecule has 0 radical (unpaired) electrons. The van der Waals surface area contributed by atoms with Gasteiger partial charge in [0.05, 0.1) is 5.02 Å². The number of rotatable bonds is 4. The number of aldehydes is 1. The van der Waals surface area contributed by atoms with E-state index in [9.17, 15) is 4.79 Å². The number of benzene rings is 1. The second kappa shape index (κ2) is 5.53. The van der Waals surface area contributed by atoms with Gasteiger partial charge in [-0.05, 0) is 18.2 Å². The van der Waals surface area contributed by atoms with Gasteiger partial charge in [0.25, 0.3) is 0 Å². The monoisotopic (exact) mass is 234 g/mol. The second-order valence-electron chi connectivity index (χ2n) is 2.38. The van der Waals surface area contributed by atoms with Crippen molar-refractivity contribution in [2.24, 2.45) is 0 Å². The number of thioether (sulfide) groups is 1. The molecule has 0 aliphatic carbocycles. The van der Waals surface area contributed by atoms with Crippen molar-refractivity contribution in [3.8, 4) is 0 Å². The summed E-state index contributed by atoms with van der Waals surface area (Å²) in [6, 6.07) is 5.35. The van der Waals surface area contributed by atoms with Gasteiger partial charge >= 0.3 is 0 Å². The Balaban J connectivity index is 2.61. The summed E-state index contributed by atoms with van der Waals surface area (Å²) in [7, 11) is 0. The number of hydrogen-bond donors (Lipinski definition) is 0. The molecule has 13 heavy (non-hydrogen) atoms. The highest BCUT2D eigenvalue weighted by Crippen LogP contribution is 2.29. The van der Waals surface area contributed by atoms with Crippen LogP contribution in [0, 0.1) is 0 Å². The molecular weight excluding hydrogens is 227 g/mol. The summed E-state index contributed by atoms with van der Waals surface area (Å²) < 4.78 is 0. The van der Waals surface area contributed by atoms with Crippen molar-refractivity contribution in [3.63, 3.8) is 0 Å². The van der Waals surface area contributed by atoms with Crippen LogP contribution in [0.2, 0.25) is 10.0 Å². The number of hydrogen-bond acceptors (Lipinski definition) is 2. The molecule has 0 saturated heterocycles. The molecule has 0 saturated carbocycles. The van der Waals surface area contributed by atoms with Crippen molar-refractivity contribution in [2.45, 2.75) is 11.3 Å². The minimum atomic E-state index is 0.545. The van der Waals surface area contributed by atoms with Gasteiger partial charge in [-0.2, -0.15) is 0 Å². The molecule has 1 nitrogen and oxygen atoms in total. The Morgan fingerprint density at radius 2 is 2.15 bits per heavy atom. The van der Waals surface area contributed by atoms with Gasteiger partial charge in [-0.15, -0.1) is 11.8 Å². The maximum atomic E-state index is 10.1. The van der Waals surface area contributed by atoms with E-state index in [0.717, 1.165) is 16.9 Å². The van der Waals surface area contributed by atoms with E-state index in [0.29, 0.717) is 16.5 Å². The first-order chi connectivity index (χ1) is 6.24. The van der Waals surface area contributed by atoms with Crippen molar-refractivity contribution < 1.29 is 4.79 Å². The molecule has 0 atom stereocenters. The van der Waals surface area contributed by atoms with Crippen LogP contribution in [0.1, 0.15) is 6.42 Å². The Morgan fingerprint density at radius 3 is 2.77 bits per heavy atom. The van der Waals surface area contributed by atoms with Crippen molar-refractivity contribution >= 4 is 41.2 Å². The summed E-state index contributed by atoms with van der Waals surface area (Å²) in [4.78, 5) is 11.0. The third-order valence-electron chi connectivity index (χ3n) is 1.39. The smallest absolute Gasteiger partial charge is 0.120 e. The Hall–Kier alpha value is -0.180. The highest BCUT2D eigenvalue weighted by atomic mass is 35.5.